The van der Waals surface area contributed by atoms with Crippen LogP contribution in [0.3, 0.4) is 0 Å². The molecule has 0 radical (unpaired) electrons. The third kappa shape index (κ3) is 2.20. The highest BCUT2D eigenvalue weighted by atomic mass is 32.1. The Morgan fingerprint density at radius 1 is 1.67 bits per heavy atom. The standard InChI is InChI=1S/C6H11BN2O2S/c1-4-5(3-10)12-6(8-4)9-7(2)11/h10-11H,3H2,1-2H3,(H,8,9). The van der Waals surface area contributed by atoms with E-state index in [0.29, 0.717) is 5.13 Å². The predicted molar refractivity (Wildman–Crippen MR) is 50.2 cm³/mol. The van der Waals surface area contributed by atoms with E-state index in [-0.39, 0.29) is 6.61 Å². The summed E-state index contributed by atoms with van der Waals surface area (Å²) in [5.74, 6) is 0. The molecule has 0 amide bonds. The van der Waals surface area contributed by atoms with Gasteiger partial charge in [-0.05, 0) is 13.7 Å². The third-order valence-corrected chi connectivity index (χ3v) is 2.44. The van der Waals surface area contributed by atoms with Gasteiger partial charge in [0.15, 0.2) is 5.13 Å². The van der Waals surface area contributed by atoms with Gasteiger partial charge in [0.2, 0.25) is 0 Å². The monoisotopic (exact) mass is 186 g/mol. The first-order valence-corrected chi connectivity index (χ1v) is 4.47. The van der Waals surface area contributed by atoms with E-state index in [4.69, 9.17) is 10.1 Å². The molecule has 4 nitrogen and oxygen atoms in total. The van der Waals surface area contributed by atoms with Crippen molar-refractivity contribution in [2.45, 2.75) is 20.4 Å². The number of aromatic nitrogens is 1. The van der Waals surface area contributed by atoms with Crippen LogP contribution >= 0.6 is 11.3 Å². The summed E-state index contributed by atoms with van der Waals surface area (Å²) in [7, 11) is -0.609. The smallest absolute Gasteiger partial charge is 0.408 e. The maximum Gasteiger partial charge on any atom is 0.408 e. The van der Waals surface area contributed by atoms with E-state index in [1.165, 1.54) is 11.3 Å². The van der Waals surface area contributed by atoms with Crippen molar-refractivity contribution in [1.82, 2.24) is 4.98 Å². The Morgan fingerprint density at radius 3 is 2.75 bits per heavy atom. The van der Waals surface area contributed by atoms with Crippen molar-refractivity contribution in [1.29, 1.82) is 0 Å². The second kappa shape index (κ2) is 3.89. The number of aryl methyl sites for hydroxylation is 1. The van der Waals surface area contributed by atoms with E-state index in [9.17, 15) is 0 Å². The zero-order chi connectivity index (χ0) is 9.14. The van der Waals surface area contributed by atoms with E-state index >= 15 is 0 Å². The van der Waals surface area contributed by atoms with Crippen LogP contribution in [0.4, 0.5) is 5.13 Å². The average molecular weight is 186 g/mol. The Labute approximate surface area is 75.4 Å². The molecule has 6 heteroatoms. The summed E-state index contributed by atoms with van der Waals surface area (Å²) in [5.41, 5.74) is 0.811. The lowest BCUT2D eigenvalue weighted by Gasteiger charge is -1.98. The largest absolute Gasteiger partial charge is 0.433 e. The summed E-state index contributed by atoms with van der Waals surface area (Å²) in [6, 6.07) is 0. The fourth-order valence-corrected chi connectivity index (χ4v) is 1.72. The minimum absolute atomic E-state index is 0.00495. The van der Waals surface area contributed by atoms with Gasteiger partial charge in [-0.25, -0.2) is 4.98 Å². The highest BCUT2D eigenvalue weighted by Crippen LogP contribution is 2.22. The van der Waals surface area contributed by atoms with E-state index in [0.717, 1.165) is 10.6 Å². The van der Waals surface area contributed by atoms with Crippen molar-refractivity contribution in [3.05, 3.63) is 10.6 Å². The molecule has 0 aliphatic carbocycles. The minimum atomic E-state index is -0.609. The number of rotatable bonds is 3. The molecular weight excluding hydrogens is 175 g/mol. The molecule has 3 N–H and O–H groups in total. The molecule has 0 unspecified atom stereocenters. The van der Waals surface area contributed by atoms with Crippen LogP contribution < -0.4 is 5.23 Å². The fraction of sp³-hybridized carbons (Fsp3) is 0.500. The highest BCUT2D eigenvalue weighted by Gasteiger charge is 2.09. The Hall–Kier alpha value is -0.585. The molecule has 0 fully saturated rings. The van der Waals surface area contributed by atoms with Crippen molar-refractivity contribution in [2.24, 2.45) is 0 Å². The number of anilines is 1. The number of aliphatic hydroxyl groups excluding tert-OH is 1. The van der Waals surface area contributed by atoms with Crippen molar-refractivity contribution < 1.29 is 10.1 Å². The SMILES string of the molecule is CB(O)Nc1nc(C)c(CO)s1. The molecule has 12 heavy (non-hydrogen) atoms. The molecule has 0 spiro atoms. The second-order valence-electron chi connectivity index (χ2n) is 2.51. The van der Waals surface area contributed by atoms with Crippen LogP contribution in [0.25, 0.3) is 0 Å². The molecule has 0 aliphatic rings. The summed E-state index contributed by atoms with van der Waals surface area (Å²) in [4.78, 5) is 4.94. The Morgan fingerprint density at radius 2 is 2.33 bits per heavy atom. The van der Waals surface area contributed by atoms with Gasteiger partial charge in [0.1, 0.15) is 0 Å². The van der Waals surface area contributed by atoms with Crippen molar-refractivity contribution in [3.63, 3.8) is 0 Å². The first-order chi connectivity index (χ1) is 5.63. The Bertz CT molecular complexity index is 264. The van der Waals surface area contributed by atoms with E-state index in [2.05, 4.69) is 10.2 Å². The third-order valence-electron chi connectivity index (χ3n) is 1.37. The summed E-state index contributed by atoms with van der Waals surface area (Å²) in [6.45, 7) is 3.45. The number of nitrogens with one attached hydrogen (secondary N) is 1. The van der Waals surface area contributed by atoms with E-state index < -0.39 is 7.05 Å². The van der Waals surface area contributed by atoms with Crippen LogP contribution in [0.1, 0.15) is 10.6 Å². The summed E-state index contributed by atoms with van der Waals surface area (Å²) < 4.78 is 0. The van der Waals surface area contributed by atoms with Crippen LogP contribution in [0.2, 0.25) is 6.82 Å². The van der Waals surface area contributed by atoms with Gasteiger partial charge in [0.25, 0.3) is 0 Å². The molecule has 1 aromatic heterocycles. The van der Waals surface area contributed by atoms with Gasteiger partial charge < -0.3 is 15.4 Å². The summed E-state index contributed by atoms with van der Waals surface area (Å²) in [5, 5.41) is 21.2. The van der Waals surface area contributed by atoms with Crippen molar-refractivity contribution >= 4 is 23.5 Å². The lowest BCUT2D eigenvalue weighted by atomic mass is 9.90. The second-order valence-corrected chi connectivity index (χ2v) is 3.59. The quantitative estimate of drug-likeness (QED) is 0.600. The number of hydrogen-bond acceptors (Lipinski definition) is 5. The maximum absolute atomic E-state index is 8.97. The molecule has 1 rings (SSSR count). The number of aliphatic hydroxyl groups is 1. The number of hydrogen-bond donors (Lipinski definition) is 3. The van der Waals surface area contributed by atoms with Gasteiger partial charge in [-0.2, -0.15) is 0 Å². The van der Waals surface area contributed by atoms with E-state index in [1.54, 1.807) is 6.82 Å². The van der Waals surface area contributed by atoms with Crippen LogP contribution in [0.15, 0.2) is 0 Å². The van der Waals surface area contributed by atoms with Crippen molar-refractivity contribution in [2.75, 3.05) is 5.23 Å². The Kier molecular flexibility index (Phi) is 3.08. The lowest BCUT2D eigenvalue weighted by molar-refractivity contribution is 0.284. The molecule has 0 saturated carbocycles. The van der Waals surface area contributed by atoms with Crippen LogP contribution in [-0.2, 0) is 6.61 Å². The molecule has 0 bridgehead atoms. The van der Waals surface area contributed by atoms with Crippen LogP contribution in [0.5, 0.6) is 0 Å². The van der Waals surface area contributed by atoms with E-state index in [1.807, 2.05) is 6.92 Å². The molecular formula is C6H11BN2O2S. The highest BCUT2D eigenvalue weighted by molar-refractivity contribution is 7.16. The predicted octanol–water partition coefficient (Wildman–Crippen LogP) is 0.466. The summed E-state index contributed by atoms with van der Waals surface area (Å²) >= 11 is 1.36. The molecule has 1 aromatic rings. The first kappa shape index (κ1) is 9.50. The fourth-order valence-electron chi connectivity index (χ4n) is 0.815. The zero-order valence-corrected chi connectivity index (χ0v) is 7.85. The van der Waals surface area contributed by atoms with Crippen molar-refractivity contribution in [3.8, 4) is 0 Å². The first-order valence-electron chi connectivity index (χ1n) is 3.65. The molecule has 0 aromatic carbocycles. The normalized spacial score (nSPS) is 10.0. The van der Waals surface area contributed by atoms with Gasteiger partial charge >= 0.3 is 7.05 Å². The topological polar surface area (TPSA) is 65.4 Å². The maximum atomic E-state index is 8.97. The minimum Gasteiger partial charge on any atom is -0.433 e. The molecule has 0 atom stereocenters. The molecule has 66 valence electrons. The van der Waals surface area contributed by atoms with Gasteiger partial charge in [-0.1, -0.05) is 0 Å². The average Bonchev–Trinajstić information content (AvgIpc) is 2.29. The number of nitrogens with zero attached hydrogens (tertiary/aromatic N) is 1. The number of thiazole rings is 1. The van der Waals surface area contributed by atoms with Gasteiger partial charge in [0, 0.05) is 0 Å². The summed E-state index contributed by atoms with van der Waals surface area (Å²) in [6.07, 6.45) is 0. The molecule has 0 aliphatic heterocycles. The molecule has 0 saturated heterocycles. The Balaban J connectivity index is 2.75. The zero-order valence-electron chi connectivity index (χ0n) is 7.03. The van der Waals surface area contributed by atoms with Gasteiger partial charge in [-0.3, -0.25) is 0 Å². The van der Waals surface area contributed by atoms with Crippen LogP contribution in [0, 0.1) is 6.92 Å². The van der Waals surface area contributed by atoms with Gasteiger partial charge in [-0.15, -0.1) is 11.3 Å². The van der Waals surface area contributed by atoms with Gasteiger partial charge in [0.05, 0.1) is 17.2 Å². The molecule has 1 heterocycles. The lowest BCUT2D eigenvalue weighted by Crippen LogP contribution is -2.19. The van der Waals surface area contributed by atoms with Crippen LogP contribution in [-0.4, -0.2) is 22.2 Å².